The number of nitrogens with zero attached hydrogens (tertiary/aromatic N) is 4. The van der Waals surface area contributed by atoms with E-state index in [9.17, 15) is 17.6 Å². The van der Waals surface area contributed by atoms with Crippen LogP contribution in [0.3, 0.4) is 0 Å². The van der Waals surface area contributed by atoms with Gasteiger partial charge in [-0.1, -0.05) is 27.1 Å². The molecular formula is C12H8ClFN4O6S. The van der Waals surface area contributed by atoms with Gasteiger partial charge in [-0.3, -0.25) is 8.71 Å². The van der Waals surface area contributed by atoms with Gasteiger partial charge < -0.3 is 0 Å². The minimum absolute atomic E-state index is 0.0752. The third kappa shape index (κ3) is 3.60. The van der Waals surface area contributed by atoms with Crippen LogP contribution in [0.1, 0.15) is 17.6 Å². The summed E-state index contributed by atoms with van der Waals surface area (Å²) in [7, 11) is -3.99. The molecule has 0 aliphatic rings. The molecule has 0 saturated carbocycles. The molecule has 0 aliphatic carbocycles. The Morgan fingerprint density at radius 3 is 2.72 bits per heavy atom. The van der Waals surface area contributed by atoms with E-state index >= 15 is 0 Å². The van der Waals surface area contributed by atoms with Crippen LogP contribution in [0, 0.1) is 5.82 Å². The van der Waals surface area contributed by atoms with Crippen LogP contribution in [-0.4, -0.2) is 34.7 Å². The molecule has 25 heavy (non-hydrogen) atoms. The van der Waals surface area contributed by atoms with Gasteiger partial charge in [-0.25, -0.2) is 18.4 Å². The van der Waals surface area contributed by atoms with Gasteiger partial charge >= 0.3 is 5.76 Å². The summed E-state index contributed by atoms with van der Waals surface area (Å²) < 4.78 is 51.2. The van der Waals surface area contributed by atoms with Crippen LogP contribution in [0.4, 0.5) is 4.39 Å². The van der Waals surface area contributed by atoms with Gasteiger partial charge in [0, 0.05) is 0 Å². The summed E-state index contributed by atoms with van der Waals surface area (Å²) in [5.74, 6) is -1.97. The van der Waals surface area contributed by atoms with Crippen molar-refractivity contribution >= 4 is 21.7 Å². The molecule has 3 rings (SSSR count). The number of hydrogen-bond donors (Lipinski definition) is 0. The average molecular weight is 391 g/mol. The highest BCUT2D eigenvalue weighted by Gasteiger charge is 2.31. The summed E-state index contributed by atoms with van der Waals surface area (Å²) in [4.78, 5) is 12.0. The zero-order valence-electron chi connectivity index (χ0n) is 12.3. The van der Waals surface area contributed by atoms with Gasteiger partial charge in [0.1, 0.15) is 11.5 Å². The summed E-state index contributed by atoms with van der Waals surface area (Å²) in [5.41, 5.74) is -0.00751. The molecule has 0 bridgehead atoms. The Labute approximate surface area is 143 Å². The quantitative estimate of drug-likeness (QED) is 0.587. The normalized spacial score (nSPS) is 13.1. The molecule has 2 aromatic heterocycles. The van der Waals surface area contributed by atoms with Crippen molar-refractivity contribution in [1.82, 2.24) is 20.0 Å². The molecule has 132 valence electrons. The monoisotopic (exact) mass is 390 g/mol. The van der Waals surface area contributed by atoms with E-state index in [-0.39, 0.29) is 22.2 Å². The van der Waals surface area contributed by atoms with Crippen LogP contribution in [0.25, 0.3) is 5.69 Å². The van der Waals surface area contributed by atoms with Crippen molar-refractivity contribution in [3.05, 3.63) is 57.3 Å². The van der Waals surface area contributed by atoms with Crippen LogP contribution in [0.5, 0.6) is 0 Å². The van der Waals surface area contributed by atoms with Gasteiger partial charge in [0.25, 0.3) is 10.1 Å². The minimum atomic E-state index is -3.99. The second kappa shape index (κ2) is 6.38. The van der Waals surface area contributed by atoms with E-state index < -0.39 is 27.8 Å². The van der Waals surface area contributed by atoms with Gasteiger partial charge in [0.2, 0.25) is 0 Å². The van der Waals surface area contributed by atoms with Crippen molar-refractivity contribution in [3.8, 4) is 5.69 Å². The Bertz CT molecular complexity index is 1060. The molecule has 0 aliphatic heterocycles. The molecule has 1 atom stereocenters. The molecule has 1 aromatic carbocycles. The van der Waals surface area contributed by atoms with Crippen molar-refractivity contribution < 1.29 is 26.1 Å². The highest BCUT2D eigenvalue weighted by Crippen LogP contribution is 2.27. The lowest BCUT2D eigenvalue weighted by Crippen LogP contribution is -2.21. The van der Waals surface area contributed by atoms with E-state index in [0.717, 1.165) is 29.2 Å². The highest BCUT2D eigenvalue weighted by molar-refractivity contribution is 7.86. The third-order valence-corrected chi connectivity index (χ3v) is 3.77. The first kappa shape index (κ1) is 17.3. The van der Waals surface area contributed by atoms with E-state index in [1.54, 1.807) is 0 Å². The maximum Gasteiger partial charge on any atom is 0.446 e. The summed E-state index contributed by atoms with van der Waals surface area (Å²) >= 11 is 5.72. The molecule has 0 amide bonds. The first-order chi connectivity index (χ1) is 11.8. The van der Waals surface area contributed by atoms with E-state index in [1.165, 1.54) is 6.07 Å². The van der Waals surface area contributed by atoms with Gasteiger partial charge in [-0.15, -0.1) is 0 Å². The SMILES string of the molecule is CS(=O)(=O)OC(c1cnon1)c1noc(=O)n1-c1ccc(F)c(Cl)c1. The predicted molar refractivity (Wildman–Crippen MR) is 79.1 cm³/mol. The van der Waals surface area contributed by atoms with E-state index in [1.807, 2.05) is 0 Å². The fourth-order valence-corrected chi connectivity index (χ4v) is 2.68. The molecule has 10 nitrogen and oxygen atoms in total. The molecule has 0 radical (unpaired) electrons. The zero-order valence-corrected chi connectivity index (χ0v) is 13.9. The topological polar surface area (TPSA) is 130 Å². The van der Waals surface area contributed by atoms with Gasteiger partial charge in [0.05, 0.1) is 23.2 Å². The van der Waals surface area contributed by atoms with Crippen molar-refractivity contribution in [3.63, 3.8) is 0 Å². The lowest BCUT2D eigenvalue weighted by atomic mass is 10.2. The smallest absolute Gasteiger partial charge is 0.295 e. The Hall–Kier alpha value is -2.57. The van der Waals surface area contributed by atoms with E-state index in [4.69, 9.17) is 15.8 Å². The molecular weight excluding hydrogens is 383 g/mol. The first-order valence-electron chi connectivity index (χ1n) is 6.46. The maximum atomic E-state index is 13.4. The molecule has 0 saturated heterocycles. The Morgan fingerprint density at radius 1 is 1.36 bits per heavy atom. The Morgan fingerprint density at radius 2 is 2.12 bits per heavy atom. The second-order valence-electron chi connectivity index (χ2n) is 4.75. The van der Waals surface area contributed by atoms with Gasteiger partial charge in [-0.2, -0.15) is 8.42 Å². The third-order valence-electron chi connectivity index (χ3n) is 2.94. The van der Waals surface area contributed by atoms with Crippen LogP contribution >= 0.6 is 11.6 Å². The fraction of sp³-hybridized carbons (Fsp3) is 0.167. The number of halogens is 2. The molecule has 13 heteroatoms. The molecule has 0 N–H and O–H groups in total. The molecule has 2 heterocycles. The molecule has 3 aromatic rings. The van der Waals surface area contributed by atoms with Crippen molar-refractivity contribution in [1.29, 1.82) is 0 Å². The van der Waals surface area contributed by atoms with Crippen LogP contribution < -0.4 is 5.76 Å². The molecule has 0 spiro atoms. The number of rotatable bonds is 5. The number of aromatic nitrogens is 4. The Balaban J connectivity index is 2.18. The fourth-order valence-electron chi connectivity index (χ4n) is 1.97. The highest BCUT2D eigenvalue weighted by atomic mass is 35.5. The standard InChI is InChI=1S/C12H8ClFN4O6S/c1-25(20,21)23-10(9-5-15-24-16-9)11-17-22-12(19)18(11)6-2-3-8(14)7(13)4-6/h2-5,10H,1H3. The van der Waals surface area contributed by atoms with E-state index in [2.05, 4.69) is 24.6 Å². The largest absolute Gasteiger partial charge is 0.446 e. The minimum Gasteiger partial charge on any atom is -0.295 e. The van der Waals surface area contributed by atoms with Crippen molar-refractivity contribution in [2.24, 2.45) is 0 Å². The summed E-state index contributed by atoms with van der Waals surface area (Å²) in [6.45, 7) is 0. The van der Waals surface area contributed by atoms with Crippen LogP contribution in [-0.2, 0) is 14.3 Å². The molecule has 0 fully saturated rings. The summed E-state index contributed by atoms with van der Waals surface area (Å²) in [6, 6.07) is 3.38. The van der Waals surface area contributed by atoms with Crippen LogP contribution in [0.15, 0.2) is 38.3 Å². The van der Waals surface area contributed by atoms with Gasteiger partial charge in [-0.05, 0) is 18.2 Å². The average Bonchev–Trinajstić information content (AvgIpc) is 3.17. The molecule has 1 unspecified atom stereocenters. The predicted octanol–water partition coefficient (Wildman–Crippen LogP) is 1.07. The number of benzene rings is 1. The van der Waals surface area contributed by atoms with Crippen molar-refractivity contribution in [2.75, 3.05) is 6.26 Å². The lowest BCUT2D eigenvalue weighted by molar-refractivity contribution is 0.220. The first-order valence-corrected chi connectivity index (χ1v) is 8.65. The summed E-state index contributed by atoms with van der Waals surface area (Å²) in [6.07, 6.45) is 0.387. The van der Waals surface area contributed by atoms with Crippen molar-refractivity contribution in [2.45, 2.75) is 6.10 Å². The van der Waals surface area contributed by atoms with Gasteiger partial charge in [0.15, 0.2) is 11.9 Å². The lowest BCUT2D eigenvalue weighted by Gasteiger charge is -2.13. The number of hydrogen-bond acceptors (Lipinski definition) is 9. The summed E-state index contributed by atoms with van der Waals surface area (Å²) in [5, 5.41) is 10.1. The van der Waals surface area contributed by atoms with Crippen LogP contribution in [0.2, 0.25) is 5.02 Å². The Kier molecular flexibility index (Phi) is 4.41. The zero-order chi connectivity index (χ0) is 18.2. The maximum absolute atomic E-state index is 13.4. The second-order valence-corrected chi connectivity index (χ2v) is 6.76. The van der Waals surface area contributed by atoms with E-state index in [0.29, 0.717) is 0 Å².